The molecule has 1 atom stereocenters. The number of carbonyl (C=O) groups is 2. The van der Waals surface area contributed by atoms with Gasteiger partial charge in [-0.25, -0.2) is 9.78 Å². The van der Waals surface area contributed by atoms with Crippen molar-refractivity contribution in [1.82, 2.24) is 15.2 Å². The van der Waals surface area contributed by atoms with Crippen LogP contribution in [0.4, 0.5) is 10.6 Å². The molecule has 0 unspecified atom stereocenters. The maximum Gasteiger partial charge on any atom is 0.405 e. The van der Waals surface area contributed by atoms with Crippen LogP contribution in [0.5, 0.6) is 0 Å². The van der Waals surface area contributed by atoms with Crippen LogP contribution in [0, 0.1) is 5.92 Å². The molecular weight excluding hydrogens is 296 g/mol. The van der Waals surface area contributed by atoms with E-state index < -0.39 is 12.1 Å². The van der Waals surface area contributed by atoms with Gasteiger partial charge in [-0.1, -0.05) is 19.9 Å². The zero-order valence-electron chi connectivity index (χ0n) is 13.6. The highest BCUT2D eigenvalue weighted by Gasteiger charge is 2.29. The van der Waals surface area contributed by atoms with Crippen LogP contribution in [0.25, 0.3) is 0 Å². The van der Waals surface area contributed by atoms with E-state index in [0.29, 0.717) is 32.6 Å². The van der Waals surface area contributed by atoms with Crippen LogP contribution >= 0.6 is 0 Å². The summed E-state index contributed by atoms with van der Waals surface area (Å²) >= 11 is 0. The van der Waals surface area contributed by atoms with Gasteiger partial charge in [-0.05, 0) is 24.5 Å². The van der Waals surface area contributed by atoms with Gasteiger partial charge in [-0.2, -0.15) is 0 Å². The van der Waals surface area contributed by atoms with E-state index in [1.54, 1.807) is 11.1 Å². The van der Waals surface area contributed by atoms with Crippen molar-refractivity contribution in [3.8, 4) is 0 Å². The zero-order chi connectivity index (χ0) is 16.8. The average molecular weight is 320 g/mol. The van der Waals surface area contributed by atoms with Crippen LogP contribution in [0.3, 0.4) is 0 Å². The summed E-state index contributed by atoms with van der Waals surface area (Å²) in [5.74, 6) is 1.01. The molecule has 23 heavy (non-hydrogen) atoms. The molecule has 0 spiro atoms. The van der Waals surface area contributed by atoms with Crippen molar-refractivity contribution in [3.05, 3.63) is 24.4 Å². The van der Waals surface area contributed by atoms with E-state index in [1.807, 2.05) is 32.0 Å². The molecular formula is C16H24N4O3. The molecule has 126 valence electrons. The molecule has 0 aromatic carbocycles. The summed E-state index contributed by atoms with van der Waals surface area (Å²) in [4.78, 5) is 31.7. The Labute approximate surface area is 136 Å². The summed E-state index contributed by atoms with van der Waals surface area (Å²) in [6.07, 6.45) is 1.10. The Kier molecular flexibility index (Phi) is 5.78. The van der Waals surface area contributed by atoms with Crippen LogP contribution in [-0.4, -0.2) is 59.2 Å². The summed E-state index contributed by atoms with van der Waals surface area (Å²) < 4.78 is 0. The Morgan fingerprint density at radius 1 is 1.26 bits per heavy atom. The molecule has 2 heterocycles. The topological polar surface area (TPSA) is 85.8 Å². The molecule has 1 aromatic heterocycles. The number of hydrogen-bond donors (Lipinski definition) is 2. The van der Waals surface area contributed by atoms with Crippen molar-refractivity contribution in [1.29, 1.82) is 0 Å². The van der Waals surface area contributed by atoms with Crippen molar-refractivity contribution >= 4 is 17.8 Å². The normalized spacial score (nSPS) is 16.3. The quantitative estimate of drug-likeness (QED) is 0.857. The highest BCUT2D eigenvalue weighted by molar-refractivity contribution is 5.85. The van der Waals surface area contributed by atoms with Gasteiger partial charge < -0.3 is 20.2 Å². The number of aromatic nitrogens is 1. The van der Waals surface area contributed by atoms with E-state index in [4.69, 9.17) is 5.11 Å². The minimum Gasteiger partial charge on any atom is -0.465 e. The Morgan fingerprint density at radius 2 is 1.96 bits per heavy atom. The zero-order valence-corrected chi connectivity index (χ0v) is 13.6. The first-order chi connectivity index (χ1) is 11.0. The Morgan fingerprint density at radius 3 is 2.48 bits per heavy atom. The van der Waals surface area contributed by atoms with Gasteiger partial charge in [0.1, 0.15) is 11.9 Å². The molecule has 1 aromatic rings. The van der Waals surface area contributed by atoms with Crippen LogP contribution in [0.2, 0.25) is 0 Å². The summed E-state index contributed by atoms with van der Waals surface area (Å²) in [7, 11) is 0. The lowest BCUT2D eigenvalue weighted by Gasteiger charge is -2.37. The van der Waals surface area contributed by atoms with E-state index in [-0.39, 0.29) is 11.8 Å². The van der Waals surface area contributed by atoms with E-state index in [1.165, 1.54) is 0 Å². The number of anilines is 1. The lowest BCUT2D eigenvalue weighted by atomic mass is 10.0. The van der Waals surface area contributed by atoms with Gasteiger partial charge in [0.05, 0.1) is 0 Å². The van der Waals surface area contributed by atoms with Gasteiger partial charge in [0.15, 0.2) is 0 Å². The molecule has 0 bridgehead atoms. The predicted octanol–water partition coefficient (Wildman–Crippen LogP) is 1.41. The Balaban J connectivity index is 1.94. The van der Waals surface area contributed by atoms with Crippen LogP contribution < -0.4 is 10.2 Å². The molecule has 0 saturated carbocycles. The Bertz CT molecular complexity index is 527. The van der Waals surface area contributed by atoms with Gasteiger partial charge in [0.25, 0.3) is 0 Å². The van der Waals surface area contributed by atoms with Crippen LogP contribution in [-0.2, 0) is 4.79 Å². The van der Waals surface area contributed by atoms with Gasteiger partial charge in [-0.15, -0.1) is 0 Å². The third-order valence-electron chi connectivity index (χ3n) is 3.87. The van der Waals surface area contributed by atoms with E-state index >= 15 is 0 Å². The highest BCUT2D eigenvalue weighted by Crippen LogP contribution is 2.14. The second-order valence-electron chi connectivity index (χ2n) is 6.13. The van der Waals surface area contributed by atoms with Gasteiger partial charge in [0.2, 0.25) is 5.91 Å². The molecule has 0 aliphatic carbocycles. The maximum absolute atomic E-state index is 12.6. The largest absolute Gasteiger partial charge is 0.465 e. The number of carboxylic acid groups (broad SMARTS) is 1. The molecule has 2 amide bonds. The number of hydrogen-bond acceptors (Lipinski definition) is 4. The minimum atomic E-state index is -1.16. The molecule has 1 fully saturated rings. The third kappa shape index (κ3) is 4.84. The van der Waals surface area contributed by atoms with Gasteiger partial charge in [-0.3, -0.25) is 4.79 Å². The maximum atomic E-state index is 12.6. The molecule has 7 heteroatoms. The summed E-state index contributed by atoms with van der Waals surface area (Å²) in [5.41, 5.74) is 0. The van der Waals surface area contributed by atoms with Gasteiger partial charge >= 0.3 is 6.09 Å². The number of rotatable bonds is 5. The van der Waals surface area contributed by atoms with Crippen LogP contribution in [0.15, 0.2) is 24.4 Å². The van der Waals surface area contributed by atoms with Crippen molar-refractivity contribution in [2.45, 2.75) is 26.3 Å². The average Bonchev–Trinajstić information content (AvgIpc) is 2.54. The van der Waals surface area contributed by atoms with E-state index in [0.717, 1.165) is 5.82 Å². The standard InChI is InChI=1S/C16H24N4O3/c1-12(2)11-13(18-16(22)23)15(21)20-9-7-19(8-10-20)14-5-3-4-6-17-14/h3-6,12-13,18H,7-11H2,1-2H3,(H,22,23)/t13-/m0/s1. The SMILES string of the molecule is CC(C)C[C@H](NC(=O)O)C(=O)N1CCN(c2ccccn2)CC1. The molecule has 1 saturated heterocycles. The van der Waals surface area contributed by atoms with Crippen molar-refractivity contribution in [3.63, 3.8) is 0 Å². The molecule has 1 aliphatic heterocycles. The smallest absolute Gasteiger partial charge is 0.405 e. The number of nitrogens with zero attached hydrogens (tertiary/aromatic N) is 3. The highest BCUT2D eigenvalue weighted by atomic mass is 16.4. The van der Waals surface area contributed by atoms with E-state index in [9.17, 15) is 9.59 Å². The number of carbonyl (C=O) groups excluding carboxylic acids is 1. The number of piperazine rings is 1. The van der Waals surface area contributed by atoms with Crippen molar-refractivity contribution < 1.29 is 14.7 Å². The number of pyridine rings is 1. The second kappa shape index (κ2) is 7.80. The monoisotopic (exact) mass is 320 g/mol. The molecule has 1 aliphatic rings. The van der Waals surface area contributed by atoms with Crippen molar-refractivity contribution in [2.24, 2.45) is 5.92 Å². The lowest BCUT2D eigenvalue weighted by molar-refractivity contribution is -0.134. The fourth-order valence-electron chi connectivity index (χ4n) is 2.76. The number of nitrogens with one attached hydrogen (secondary N) is 1. The first kappa shape index (κ1) is 17.1. The second-order valence-corrected chi connectivity index (χ2v) is 6.13. The van der Waals surface area contributed by atoms with Gasteiger partial charge in [0, 0.05) is 32.4 Å². The predicted molar refractivity (Wildman–Crippen MR) is 87.4 cm³/mol. The fraction of sp³-hybridized carbons (Fsp3) is 0.562. The number of amides is 2. The van der Waals surface area contributed by atoms with Crippen LogP contribution in [0.1, 0.15) is 20.3 Å². The molecule has 7 nitrogen and oxygen atoms in total. The summed E-state index contributed by atoms with van der Waals surface area (Å²) in [6.45, 7) is 6.50. The summed E-state index contributed by atoms with van der Waals surface area (Å²) in [5, 5.41) is 11.3. The Hall–Kier alpha value is -2.31. The van der Waals surface area contributed by atoms with Crippen molar-refractivity contribution in [2.75, 3.05) is 31.1 Å². The fourth-order valence-corrected chi connectivity index (χ4v) is 2.76. The first-order valence-electron chi connectivity index (χ1n) is 7.91. The van der Waals surface area contributed by atoms with E-state index in [2.05, 4.69) is 15.2 Å². The first-order valence-corrected chi connectivity index (χ1v) is 7.91. The molecule has 0 radical (unpaired) electrons. The molecule has 2 rings (SSSR count). The lowest BCUT2D eigenvalue weighted by Crippen LogP contribution is -2.55. The summed E-state index contributed by atoms with van der Waals surface area (Å²) in [6, 6.07) is 5.09. The minimum absolute atomic E-state index is 0.137. The molecule has 2 N–H and O–H groups in total. The third-order valence-corrected chi connectivity index (χ3v) is 3.87.